The third-order valence-corrected chi connectivity index (χ3v) is 4.45. The highest BCUT2D eigenvalue weighted by Gasteiger charge is 2.18. The van der Waals surface area contributed by atoms with Crippen molar-refractivity contribution in [2.24, 2.45) is 0 Å². The van der Waals surface area contributed by atoms with Crippen LogP contribution in [-0.4, -0.2) is 48.5 Å². The summed E-state index contributed by atoms with van der Waals surface area (Å²) in [6.45, 7) is 8.16. The molecule has 0 bridgehead atoms. The first kappa shape index (κ1) is 22.9. The number of anilines is 1. The summed E-state index contributed by atoms with van der Waals surface area (Å²) < 4.78 is 10.6. The number of amides is 2. The molecule has 160 valence electrons. The number of ether oxygens (including phenoxy) is 2. The van der Waals surface area contributed by atoms with E-state index in [4.69, 9.17) is 9.47 Å². The van der Waals surface area contributed by atoms with Crippen LogP contribution >= 0.6 is 0 Å². The zero-order chi connectivity index (χ0) is 22.1. The van der Waals surface area contributed by atoms with Crippen LogP contribution in [0.25, 0.3) is 0 Å². The van der Waals surface area contributed by atoms with Gasteiger partial charge in [-0.2, -0.15) is 0 Å². The number of nitrogens with zero attached hydrogens (tertiary/aromatic N) is 1. The van der Waals surface area contributed by atoms with Gasteiger partial charge in [0.15, 0.2) is 12.7 Å². The quantitative estimate of drug-likeness (QED) is 0.638. The Kier molecular flexibility index (Phi) is 8.41. The Morgan fingerprint density at radius 2 is 1.70 bits per heavy atom. The van der Waals surface area contributed by atoms with Gasteiger partial charge in [0.1, 0.15) is 5.75 Å². The molecule has 0 aliphatic rings. The van der Waals surface area contributed by atoms with Crippen LogP contribution in [0.15, 0.2) is 48.5 Å². The Morgan fingerprint density at radius 3 is 2.30 bits per heavy atom. The topological polar surface area (TPSA) is 84.9 Å². The Morgan fingerprint density at radius 1 is 1.03 bits per heavy atom. The van der Waals surface area contributed by atoms with Gasteiger partial charge in [-0.3, -0.25) is 9.59 Å². The Labute approximate surface area is 177 Å². The van der Waals surface area contributed by atoms with Crippen molar-refractivity contribution in [3.8, 4) is 5.75 Å². The van der Waals surface area contributed by atoms with E-state index in [1.165, 1.54) is 0 Å². The molecule has 1 atom stereocenters. The lowest BCUT2D eigenvalue weighted by atomic mass is 10.2. The van der Waals surface area contributed by atoms with Crippen LogP contribution in [0.1, 0.15) is 36.7 Å². The maximum absolute atomic E-state index is 12.3. The highest BCUT2D eigenvalue weighted by Crippen LogP contribution is 2.15. The summed E-state index contributed by atoms with van der Waals surface area (Å²) in [6.07, 6.45) is -0.843. The van der Waals surface area contributed by atoms with Gasteiger partial charge >= 0.3 is 5.97 Å². The predicted molar refractivity (Wildman–Crippen MR) is 115 cm³/mol. The van der Waals surface area contributed by atoms with E-state index in [1.54, 1.807) is 42.2 Å². The Balaban J connectivity index is 1.82. The average Bonchev–Trinajstić information content (AvgIpc) is 2.73. The molecule has 2 rings (SSSR count). The maximum atomic E-state index is 12.3. The van der Waals surface area contributed by atoms with Crippen LogP contribution in [0.3, 0.4) is 0 Å². The predicted octanol–water partition coefficient (Wildman–Crippen LogP) is 3.43. The van der Waals surface area contributed by atoms with Gasteiger partial charge in [-0.1, -0.05) is 12.1 Å². The van der Waals surface area contributed by atoms with Gasteiger partial charge in [-0.25, -0.2) is 4.79 Å². The number of carbonyl (C=O) groups is 3. The van der Waals surface area contributed by atoms with Crippen molar-refractivity contribution in [2.45, 2.75) is 33.8 Å². The highest BCUT2D eigenvalue weighted by atomic mass is 16.6. The van der Waals surface area contributed by atoms with E-state index < -0.39 is 24.6 Å². The molecular weight excluding hydrogens is 384 g/mol. The molecule has 7 nitrogen and oxygen atoms in total. The summed E-state index contributed by atoms with van der Waals surface area (Å²) in [7, 11) is 0. The molecule has 2 aromatic carbocycles. The molecule has 0 aliphatic carbocycles. The van der Waals surface area contributed by atoms with Crippen molar-refractivity contribution < 1.29 is 23.9 Å². The van der Waals surface area contributed by atoms with Crippen LogP contribution in [0.4, 0.5) is 5.69 Å². The molecule has 0 fully saturated rings. The molecule has 0 saturated heterocycles. The van der Waals surface area contributed by atoms with Gasteiger partial charge in [-0.05, 0) is 69.7 Å². The van der Waals surface area contributed by atoms with E-state index in [0.717, 1.165) is 5.56 Å². The zero-order valence-corrected chi connectivity index (χ0v) is 17.8. The van der Waals surface area contributed by atoms with E-state index >= 15 is 0 Å². The molecule has 0 spiro atoms. The van der Waals surface area contributed by atoms with Crippen LogP contribution in [0, 0.1) is 6.92 Å². The number of rotatable bonds is 9. The summed E-state index contributed by atoms with van der Waals surface area (Å²) in [5, 5.41) is 2.63. The van der Waals surface area contributed by atoms with Gasteiger partial charge in [0.05, 0.1) is 0 Å². The van der Waals surface area contributed by atoms with E-state index in [2.05, 4.69) is 5.32 Å². The third kappa shape index (κ3) is 6.62. The van der Waals surface area contributed by atoms with E-state index in [-0.39, 0.29) is 5.91 Å². The van der Waals surface area contributed by atoms with Crippen LogP contribution in [-0.2, 0) is 14.3 Å². The molecule has 0 aliphatic heterocycles. The number of benzene rings is 2. The smallest absolute Gasteiger partial charge is 0.347 e. The van der Waals surface area contributed by atoms with E-state index in [0.29, 0.717) is 30.1 Å². The SMILES string of the molecule is CCN(CC)C(=O)c1ccc(NC(=O)COC(=O)[C@H](C)Oc2cccc(C)c2)cc1. The van der Waals surface area contributed by atoms with Crippen LogP contribution < -0.4 is 10.1 Å². The van der Waals surface area contributed by atoms with Gasteiger partial charge in [0.2, 0.25) is 0 Å². The average molecular weight is 412 g/mol. The molecule has 0 aromatic heterocycles. The minimum Gasteiger partial charge on any atom is -0.479 e. The lowest BCUT2D eigenvalue weighted by Gasteiger charge is -2.18. The molecule has 7 heteroatoms. The second-order valence-electron chi connectivity index (χ2n) is 6.79. The van der Waals surface area contributed by atoms with Crippen LogP contribution in [0.2, 0.25) is 0 Å². The first-order chi connectivity index (χ1) is 14.3. The number of nitrogens with one attached hydrogen (secondary N) is 1. The number of aryl methyl sites for hydroxylation is 1. The van der Waals surface area contributed by atoms with Gasteiger partial charge in [-0.15, -0.1) is 0 Å². The summed E-state index contributed by atoms with van der Waals surface area (Å²) in [5.41, 5.74) is 2.07. The lowest BCUT2D eigenvalue weighted by molar-refractivity contribution is -0.153. The first-order valence-corrected chi connectivity index (χ1v) is 9.93. The lowest BCUT2D eigenvalue weighted by Crippen LogP contribution is -2.30. The molecule has 30 heavy (non-hydrogen) atoms. The minimum atomic E-state index is -0.843. The highest BCUT2D eigenvalue weighted by molar-refractivity contribution is 5.96. The van der Waals surface area contributed by atoms with Crippen molar-refractivity contribution >= 4 is 23.5 Å². The second-order valence-corrected chi connectivity index (χ2v) is 6.79. The molecule has 0 unspecified atom stereocenters. The Hall–Kier alpha value is -3.35. The number of esters is 1. The van der Waals surface area contributed by atoms with Crippen molar-refractivity contribution in [3.63, 3.8) is 0 Å². The third-order valence-electron chi connectivity index (χ3n) is 4.45. The van der Waals surface area contributed by atoms with Crippen molar-refractivity contribution in [1.82, 2.24) is 4.90 Å². The Bertz CT molecular complexity index is 875. The zero-order valence-electron chi connectivity index (χ0n) is 17.8. The van der Waals surface area contributed by atoms with E-state index in [1.807, 2.05) is 39.0 Å². The second kappa shape index (κ2) is 11.0. The number of hydrogen-bond acceptors (Lipinski definition) is 5. The standard InChI is InChI=1S/C23H28N2O5/c1-5-25(6-2)22(27)18-10-12-19(13-11-18)24-21(26)15-29-23(28)17(4)30-20-9-7-8-16(3)14-20/h7-14,17H,5-6,15H2,1-4H3,(H,24,26)/t17-/m0/s1. The molecular formula is C23H28N2O5. The number of hydrogen-bond donors (Lipinski definition) is 1. The van der Waals surface area contributed by atoms with E-state index in [9.17, 15) is 14.4 Å². The summed E-state index contributed by atoms with van der Waals surface area (Å²) in [5.74, 6) is -0.613. The largest absolute Gasteiger partial charge is 0.479 e. The fourth-order valence-corrected chi connectivity index (χ4v) is 2.78. The summed E-state index contributed by atoms with van der Waals surface area (Å²) in [6, 6.07) is 13.9. The van der Waals surface area contributed by atoms with Crippen molar-refractivity contribution in [2.75, 3.05) is 25.0 Å². The summed E-state index contributed by atoms with van der Waals surface area (Å²) in [4.78, 5) is 38.1. The van der Waals surface area contributed by atoms with Crippen molar-refractivity contribution in [1.29, 1.82) is 0 Å². The minimum absolute atomic E-state index is 0.0607. The summed E-state index contributed by atoms with van der Waals surface area (Å²) >= 11 is 0. The van der Waals surface area contributed by atoms with Crippen molar-refractivity contribution in [3.05, 3.63) is 59.7 Å². The first-order valence-electron chi connectivity index (χ1n) is 9.93. The molecule has 1 N–H and O–H groups in total. The van der Waals surface area contributed by atoms with Crippen LogP contribution in [0.5, 0.6) is 5.75 Å². The molecule has 0 radical (unpaired) electrons. The fraction of sp³-hybridized carbons (Fsp3) is 0.348. The molecule has 0 heterocycles. The van der Waals surface area contributed by atoms with Gasteiger partial charge < -0.3 is 19.7 Å². The molecule has 0 saturated carbocycles. The number of carbonyl (C=O) groups excluding carboxylic acids is 3. The van der Waals surface area contributed by atoms with Gasteiger partial charge in [0.25, 0.3) is 11.8 Å². The maximum Gasteiger partial charge on any atom is 0.347 e. The molecule has 2 amide bonds. The monoisotopic (exact) mass is 412 g/mol. The molecule has 2 aromatic rings. The normalized spacial score (nSPS) is 11.3. The fourth-order valence-electron chi connectivity index (χ4n) is 2.78. The van der Waals surface area contributed by atoms with Gasteiger partial charge in [0, 0.05) is 24.3 Å².